The Morgan fingerprint density at radius 3 is 2.50 bits per heavy atom. The Kier molecular flexibility index (Phi) is 2.53. The summed E-state index contributed by atoms with van der Waals surface area (Å²) < 4.78 is 36.7. The molecule has 0 atom stereocenters. The molecular weight excluding hydrogens is 306 g/mol. The summed E-state index contributed by atoms with van der Waals surface area (Å²) in [5, 5.41) is 0. The van der Waals surface area contributed by atoms with Crippen molar-refractivity contribution in [1.29, 1.82) is 0 Å². The predicted molar refractivity (Wildman–Crippen MR) is 77.7 cm³/mol. The number of carbonyl (C=O) groups excluding carboxylic acids is 1. The lowest BCUT2D eigenvalue weighted by atomic mass is 10.1. The van der Waals surface area contributed by atoms with Gasteiger partial charge in [-0.1, -0.05) is 12.1 Å². The standard InChI is InChI=1S/C15H11NO5S/c1-9-6-12-13(21-8-20-12)7-11(9)16-15(17)10-4-2-3-5-14(10)22(16,18)19/h2-7H,8H2,1H3. The number of sulfonamides is 1. The lowest BCUT2D eigenvalue weighted by Crippen LogP contribution is -2.30. The molecule has 4 rings (SSSR count). The SMILES string of the molecule is Cc1cc2c(cc1N1C(=O)c3ccccc3S1(=O)=O)OCO2. The van der Waals surface area contributed by atoms with Crippen LogP contribution in [-0.2, 0) is 10.0 Å². The van der Waals surface area contributed by atoms with Crippen LogP contribution in [0.2, 0.25) is 0 Å². The van der Waals surface area contributed by atoms with Crippen LogP contribution in [0.4, 0.5) is 5.69 Å². The highest BCUT2D eigenvalue weighted by Gasteiger charge is 2.43. The van der Waals surface area contributed by atoms with Gasteiger partial charge in [-0.3, -0.25) is 4.79 Å². The second-order valence-electron chi connectivity index (χ2n) is 5.06. The first-order chi connectivity index (χ1) is 10.5. The van der Waals surface area contributed by atoms with Crippen molar-refractivity contribution >= 4 is 21.6 Å². The van der Waals surface area contributed by atoms with E-state index in [-0.39, 0.29) is 22.9 Å². The molecule has 0 radical (unpaired) electrons. The lowest BCUT2D eigenvalue weighted by molar-refractivity contribution is 0.101. The molecule has 0 bridgehead atoms. The van der Waals surface area contributed by atoms with E-state index in [0.29, 0.717) is 17.1 Å². The van der Waals surface area contributed by atoms with Crippen LogP contribution in [0, 0.1) is 6.92 Å². The summed E-state index contributed by atoms with van der Waals surface area (Å²) in [4.78, 5) is 12.6. The first kappa shape index (κ1) is 13.1. The number of aryl methyl sites for hydroxylation is 1. The number of hydrogen-bond donors (Lipinski definition) is 0. The molecule has 0 aromatic heterocycles. The van der Waals surface area contributed by atoms with E-state index in [1.54, 1.807) is 25.1 Å². The number of rotatable bonds is 1. The Hall–Kier alpha value is -2.54. The molecule has 2 aliphatic rings. The Balaban J connectivity index is 1.94. The Morgan fingerprint density at radius 1 is 1.09 bits per heavy atom. The highest BCUT2D eigenvalue weighted by Crippen LogP contribution is 2.42. The van der Waals surface area contributed by atoms with Crippen molar-refractivity contribution in [3.8, 4) is 11.5 Å². The summed E-state index contributed by atoms with van der Waals surface area (Å²) in [5.41, 5.74) is 1.08. The third-order valence-electron chi connectivity index (χ3n) is 3.73. The van der Waals surface area contributed by atoms with Gasteiger partial charge >= 0.3 is 0 Å². The molecule has 22 heavy (non-hydrogen) atoms. The molecule has 2 aromatic rings. The Bertz CT molecular complexity index is 920. The van der Waals surface area contributed by atoms with E-state index in [4.69, 9.17) is 9.47 Å². The molecule has 0 aliphatic carbocycles. The van der Waals surface area contributed by atoms with Crippen LogP contribution < -0.4 is 13.8 Å². The fourth-order valence-electron chi connectivity index (χ4n) is 2.68. The zero-order chi connectivity index (χ0) is 15.5. The lowest BCUT2D eigenvalue weighted by Gasteiger charge is -2.18. The molecule has 2 aromatic carbocycles. The number of hydrogen-bond acceptors (Lipinski definition) is 5. The van der Waals surface area contributed by atoms with Crippen molar-refractivity contribution in [2.24, 2.45) is 0 Å². The van der Waals surface area contributed by atoms with E-state index < -0.39 is 15.9 Å². The highest BCUT2D eigenvalue weighted by atomic mass is 32.2. The van der Waals surface area contributed by atoms with Gasteiger partial charge in [-0.15, -0.1) is 0 Å². The van der Waals surface area contributed by atoms with Gasteiger partial charge in [0.25, 0.3) is 15.9 Å². The van der Waals surface area contributed by atoms with Gasteiger partial charge < -0.3 is 9.47 Å². The van der Waals surface area contributed by atoms with Gasteiger partial charge in [0.1, 0.15) is 4.90 Å². The minimum absolute atomic E-state index is 0.0251. The van der Waals surface area contributed by atoms with Gasteiger partial charge in [0, 0.05) is 6.07 Å². The van der Waals surface area contributed by atoms with Crippen LogP contribution in [0.25, 0.3) is 0 Å². The minimum Gasteiger partial charge on any atom is -0.454 e. The Labute approximate surface area is 126 Å². The zero-order valence-electron chi connectivity index (χ0n) is 11.6. The minimum atomic E-state index is -3.90. The van der Waals surface area contributed by atoms with Crippen molar-refractivity contribution in [3.05, 3.63) is 47.5 Å². The topological polar surface area (TPSA) is 72.9 Å². The summed E-state index contributed by atoms with van der Waals surface area (Å²) in [7, 11) is -3.90. The first-order valence-corrected chi connectivity index (χ1v) is 8.03. The van der Waals surface area contributed by atoms with E-state index >= 15 is 0 Å². The smallest absolute Gasteiger partial charge is 0.273 e. The van der Waals surface area contributed by atoms with E-state index in [1.807, 2.05) is 0 Å². The number of nitrogens with zero attached hydrogens (tertiary/aromatic N) is 1. The van der Waals surface area contributed by atoms with Gasteiger partial charge in [0.2, 0.25) is 6.79 Å². The fraction of sp³-hybridized carbons (Fsp3) is 0.133. The third-order valence-corrected chi connectivity index (χ3v) is 5.49. The van der Waals surface area contributed by atoms with E-state index in [0.717, 1.165) is 4.31 Å². The van der Waals surface area contributed by atoms with Gasteiger partial charge in [-0.2, -0.15) is 4.31 Å². The van der Waals surface area contributed by atoms with E-state index in [2.05, 4.69) is 0 Å². The number of amides is 1. The maximum absolute atomic E-state index is 12.7. The summed E-state index contributed by atoms with van der Waals surface area (Å²) >= 11 is 0. The van der Waals surface area contributed by atoms with Crippen molar-refractivity contribution in [3.63, 3.8) is 0 Å². The summed E-state index contributed by atoms with van der Waals surface area (Å²) in [6.07, 6.45) is 0. The molecule has 0 spiro atoms. The van der Waals surface area contributed by atoms with Crippen LogP contribution in [0.1, 0.15) is 15.9 Å². The molecule has 2 heterocycles. The van der Waals surface area contributed by atoms with E-state index in [1.165, 1.54) is 18.2 Å². The molecular formula is C15H11NO5S. The average Bonchev–Trinajstić information content (AvgIpc) is 3.01. The first-order valence-electron chi connectivity index (χ1n) is 6.59. The van der Waals surface area contributed by atoms with Gasteiger partial charge in [-0.25, -0.2) is 8.42 Å². The number of fused-ring (bicyclic) bond motifs is 2. The quantitative estimate of drug-likeness (QED) is 0.805. The van der Waals surface area contributed by atoms with Gasteiger partial charge in [0.05, 0.1) is 11.3 Å². The van der Waals surface area contributed by atoms with Crippen molar-refractivity contribution < 1.29 is 22.7 Å². The molecule has 1 amide bonds. The largest absolute Gasteiger partial charge is 0.454 e. The van der Waals surface area contributed by atoms with Crippen molar-refractivity contribution in [2.75, 3.05) is 11.1 Å². The maximum atomic E-state index is 12.7. The third kappa shape index (κ3) is 1.59. The van der Waals surface area contributed by atoms with Crippen molar-refractivity contribution in [2.45, 2.75) is 11.8 Å². The van der Waals surface area contributed by atoms with Crippen LogP contribution in [0.5, 0.6) is 11.5 Å². The fourth-order valence-corrected chi connectivity index (χ4v) is 4.33. The number of ether oxygens (including phenoxy) is 2. The second-order valence-corrected chi connectivity index (χ2v) is 6.82. The molecule has 2 aliphatic heterocycles. The normalized spacial score (nSPS) is 17.7. The Morgan fingerprint density at radius 2 is 1.77 bits per heavy atom. The molecule has 0 N–H and O–H groups in total. The summed E-state index contributed by atoms with van der Waals surface area (Å²) in [6, 6.07) is 9.38. The predicted octanol–water partition coefficient (Wildman–Crippen LogP) is 2.07. The molecule has 0 saturated heterocycles. The molecule has 0 unspecified atom stereocenters. The monoisotopic (exact) mass is 317 g/mol. The number of benzene rings is 2. The second kappa shape index (κ2) is 4.23. The summed E-state index contributed by atoms with van der Waals surface area (Å²) in [6.45, 7) is 1.81. The van der Waals surface area contributed by atoms with Crippen LogP contribution >= 0.6 is 0 Å². The van der Waals surface area contributed by atoms with Crippen LogP contribution in [-0.4, -0.2) is 21.1 Å². The summed E-state index contributed by atoms with van der Waals surface area (Å²) in [5.74, 6) is 0.417. The molecule has 112 valence electrons. The average molecular weight is 317 g/mol. The van der Waals surface area contributed by atoms with Gasteiger partial charge in [0.15, 0.2) is 11.5 Å². The molecule has 0 fully saturated rings. The molecule has 6 nitrogen and oxygen atoms in total. The van der Waals surface area contributed by atoms with Crippen LogP contribution in [0.3, 0.4) is 0 Å². The van der Waals surface area contributed by atoms with E-state index in [9.17, 15) is 13.2 Å². The zero-order valence-corrected chi connectivity index (χ0v) is 12.4. The molecule has 0 saturated carbocycles. The van der Waals surface area contributed by atoms with Crippen molar-refractivity contribution in [1.82, 2.24) is 0 Å². The molecule has 7 heteroatoms. The number of anilines is 1. The highest BCUT2D eigenvalue weighted by molar-refractivity contribution is 7.94. The van der Waals surface area contributed by atoms with Crippen LogP contribution in [0.15, 0.2) is 41.3 Å². The number of carbonyl (C=O) groups is 1. The van der Waals surface area contributed by atoms with Gasteiger partial charge in [-0.05, 0) is 30.7 Å². The maximum Gasteiger partial charge on any atom is 0.273 e.